The third-order valence-electron chi connectivity index (χ3n) is 17.4. The van der Waals surface area contributed by atoms with Crippen molar-refractivity contribution in [1.29, 1.82) is 0 Å². The highest BCUT2D eigenvalue weighted by molar-refractivity contribution is 6.89. The summed E-state index contributed by atoms with van der Waals surface area (Å²) < 4.78 is 5.23. The third kappa shape index (κ3) is 6.56. The summed E-state index contributed by atoms with van der Waals surface area (Å²) in [5, 5.41) is 1.66. The van der Waals surface area contributed by atoms with Gasteiger partial charge < -0.3 is 0 Å². The molecule has 5 aliphatic rings. The van der Waals surface area contributed by atoms with E-state index in [0.717, 1.165) is 42.7 Å². The average molecular weight is 899 g/mol. The van der Waals surface area contributed by atoms with Gasteiger partial charge in [-0.2, -0.15) is 9.13 Å². The van der Waals surface area contributed by atoms with E-state index in [0.29, 0.717) is 5.92 Å². The topological polar surface area (TPSA) is 7.76 Å². The Balaban J connectivity index is 1.03. The van der Waals surface area contributed by atoms with Crippen LogP contribution in [0, 0.1) is 17.8 Å². The highest BCUT2D eigenvalue weighted by Crippen LogP contribution is 2.58. The van der Waals surface area contributed by atoms with Gasteiger partial charge in [0.15, 0.2) is 24.1 Å². The highest BCUT2D eigenvalue weighted by atomic mass is 28.3. The maximum atomic E-state index is 5.07. The monoisotopic (exact) mass is 898 g/mol. The molecule has 6 aromatic carbocycles. The van der Waals surface area contributed by atoms with E-state index in [9.17, 15) is 0 Å². The van der Waals surface area contributed by atoms with Crippen LogP contribution < -0.4 is 14.3 Å². The molecule has 3 heteroatoms. The maximum absolute atomic E-state index is 5.07. The van der Waals surface area contributed by atoms with Crippen LogP contribution in [0.3, 0.4) is 0 Å². The molecule has 2 aromatic heterocycles. The van der Waals surface area contributed by atoms with Gasteiger partial charge in [0.25, 0.3) is 0 Å². The molecule has 0 radical (unpaired) electrons. The lowest BCUT2D eigenvalue weighted by Gasteiger charge is -2.35. The summed E-state index contributed by atoms with van der Waals surface area (Å²) >= 11 is 0. The number of fused-ring (bicyclic) bond motifs is 14. The van der Waals surface area contributed by atoms with Crippen LogP contribution in [0.1, 0.15) is 89.4 Å². The molecule has 4 heterocycles. The summed E-state index contributed by atoms with van der Waals surface area (Å²) in [7, 11) is -1.73. The normalized spacial score (nSPS) is 21.7. The molecule has 0 spiro atoms. The number of nitrogens with zero attached hydrogens (tertiary/aromatic N) is 2. The van der Waals surface area contributed by atoms with Crippen molar-refractivity contribution in [2.75, 3.05) is 0 Å². The first-order valence-corrected chi connectivity index (χ1v) is 29.1. The van der Waals surface area contributed by atoms with E-state index in [1.165, 1.54) is 110 Å². The summed E-state index contributed by atoms with van der Waals surface area (Å²) in [4.78, 5) is 0. The Morgan fingerprint density at radius 2 is 1.29 bits per heavy atom. The number of aryl methyl sites for hydroxylation is 1. The second kappa shape index (κ2) is 16.1. The van der Waals surface area contributed by atoms with Gasteiger partial charge in [0.1, 0.15) is 0 Å². The van der Waals surface area contributed by atoms with Crippen LogP contribution in [0.15, 0.2) is 189 Å². The molecule has 2 saturated carbocycles. The van der Waals surface area contributed by atoms with E-state index in [2.05, 4.69) is 211 Å². The largest absolute Gasteiger partial charge is 0.219 e. The van der Waals surface area contributed by atoms with E-state index in [1.54, 1.807) is 10.8 Å². The van der Waals surface area contributed by atoms with Gasteiger partial charge in [-0.15, -0.1) is 0 Å². The Kier molecular flexibility index (Phi) is 9.88. The third-order valence-corrected chi connectivity index (χ3v) is 19.4. The van der Waals surface area contributed by atoms with Crippen LogP contribution in [0.25, 0.3) is 50.5 Å². The summed E-state index contributed by atoms with van der Waals surface area (Å²) in [6, 6.07) is 65.1. The first kappa shape index (κ1) is 41.7. The smallest absolute Gasteiger partial charge is 0.194 e. The van der Waals surface area contributed by atoms with E-state index in [-0.39, 0.29) is 6.04 Å². The van der Waals surface area contributed by atoms with Crippen LogP contribution in [0.4, 0.5) is 0 Å². The summed E-state index contributed by atoms with van der Waals surface area (Å²) in [6.45, 7) is 12.8. The van der Waals surface area contributed by atoms with Crippen LogP contribution in [0.2, 0.25) is 19.6 Å². The van der Waals surface area contributed by atoms with E-state index in [4.69, 9.17) is 6.58 Å². The minimum atomic E-state index is -1.73. The van der Waals surface area contributed by atoms with Crippen LogP contribution >= 0.6 is 0 Å². The molecule has 5 unspecified atom stereocenters. The fourth-order valence-corrected chi connectivity index (χ4v) is 16.0. The predicted octanol–water partition coefficient (Wildman–Crippen LogP) is 14.3. The SMILES string of the molecule is C=C1CC2C(CCc3cc4c(cc3-c3cc(-c5ccccc5)cc[n+]31)-c1ccccc1C4(c1ccccc1)c1ccccc1)c1ccccc1-c1cc(CC3CC4CCC3C4)c([Si](C)(C)C)c[n+]12. The lowest BCUT2D eigenvalue weighted by molar-refractivity contribution is -0.719. The van der Waals surface area contributed by atoms with Gasteiger partial charge in [-0.05, 0) is 136 Å². The van der Waals surface area contributed by atoms with Crippen molar-refractivity contribution < 1.29 is 9.13 Å². The molecule has 13 rings (SSSR count). The first-order valence-electron chi connectivity index (χ1n) is 25.6. The van der Waals surface area contributed by atoms with Crippen LogP contribution in [-0.2, 0) is 18.3 Å². The van der Waals surface area contributed by atoms with Crippen molar-refractivity contribution in [3.05, 3.63) is 228 Å². The minimum absolute atomic E-state index is 0.223. The molecule has 2 aliphatic heterocycles. The van der Waals surface area contributed by atoms with Gasteiger partial charge >= 0.3 is 0 Å². The number of rotatable bonds is 6. The molecule has 3 aliphatic carbocycles. The second-order valence-electron chi connectivity index (χ2n) is 22.1. The quantitative estimate of drug-likeness (QED) is 0.116. The fraction of sp³-hybridized carbons (Fsp3) is 0.262. The van der Waals surface area contributed by atoms with Gasteiger partial charge in [-0.25, -0.2) is 0 Å². The molecule has 8 aromatic rings. The number of pyridine rings is 2. The van der Waals surface area contributed by atoms with Crippen LogP contribution in [0.5, 0.6) is 0 Å². The Bertz CT molecular complexity index is 3230. The molecule has 0 amide bonds. The zero-order valence-corrected chi connectivity index (χ0v) is 41.0. The first-order chi connectivity index (χ1) is 33.2. The predicted molar refractivity (Wildman–Crippen MR) is 283 cm³/mol. The second-order valence-corrected chi connectivity index (χ2v) is 27.1. The molecule has 2 bridgehead atoms. The Hall–Kier alpha value is -6.42. The lowest BCUT2D eigenvalue weighted by atomic mass is 9.67. The Morgan fingerprint density at radius 3 is 2.00 bits per heavy atom. The van der Waals surface area contributed by atoms with Gasteiger partial charge in [0, 0.05) is 34.9 Å². The molecule has 0 saturated heterocycles. The summed E-state index contributed by atoms with van der Waals surface area (Å²) in [5.74, 6) is 3.02. The van der Waals surface area contributed by atoms with E-state index < -0.39 is 13.5 Å². The summed E-state index contributed by atoms with van der Waals surface area (Å²) in [5.41, 5.74) is 21.0. The van der Waals surface area contributed by atoms with Crippen molar-refractivity contribution >= 4 is 19.0 Å². The zero-order chi connectivity index (χ0) is 45.7. The standard InChI is InChI=1S/C65H62N2Si/c1-43-34-61-56(53-24-14-15-26-55(53)62-40-50(64(42-67(61)62)68(2,3)4)37-49-36-44-28-29-46(49)35-44)31-30-48-38-60-58(41-57(48)63-39-47(32-33-66(43)63)45-18-8-5-9-19-45)54-25-16-17-27-59(54)65(60,51-20-10-6-11-21-51)52-22-12-7-13-23-52/h5-27,32-33,38-42,44,46,49,56,61H,1,28-31,34-37H2,2-4H3/q+2. The number of aromatic nitrogens is 2. The van der Waals surface area contributed by atoms with Crippen LogP contribution in [-0.4, -0.2) is 8.07 Å². The van der Waals surface area contributed by atoms with Gasteiger partial charge in [0.05, 0.1) is 25.5 Å². The van der Waals surface area contributed by atoms with Crippen molar-refractivity contribution in [2.45, 2.75) is 88.4 Å². The average Bonchev–Trinajstić information content (AvgIpc) is 4.08. The van der Waals surface area contributed by atoms with Crippen molar-refractivity contribution in [3.63, 3.8) is 0 Å². The van der Waals surface area contributed by atoms with Gasteiger partial charge in [0.2, 0.25) is 11.4 Å². The summed E-state index contributed by atoms with van der Waals surface area (Å²) in [6.07, 6.45) is 14.9. The molecule has 0 N–H and O–H groups in total. The lowest BCUT2D eigenvalue weighted by Crippen LogP contribution is -2.54. The Morgan fingerprint density at radius 1 is 0.603 bits per heavy atom. The number of allylic oxidation sites excluding steroid dienone is 1. The molecule has 68 heavy (non-hydrogen) atoms. The van der Waals surface area contributed by atoms with Crippen molar-refractivity contribution in [1.82, 2.24) is 0 Å². The Labute approximate surface area is 404 Å². The van der Waals surface area contributed by atoms with Gasteiger partial charge in [-0.3, -0.25) is 0 Å². The molecular weight excluding hydrogens is 837 g/mol. The van der Waals surface area contributed by atoms with Crippen molar-refractivity contribution in [3.8, 4) is 44.8 Å². The molecule has 334 valence electrons. The van der Waals surface area contributed by atoms with E-state index >= 15 is 0 Å². The molecular formula is C65H62N2Si+2. The maximum Gasteiger partial charge on any atom is 0.219 e. The fourth-order valence-electron chi connectivity index (χ4n) is 14.3. The zero-order valence-electron chi connectivity index (χ0n) is 40.0. The number of benzene rings is 6. The number of hydrogen-bond donors (Lipinski definition) is 0. The highest BCUT2D eigenvalue weighted by Gasteiger charge is 2.49. The molecule has 2 fully saturated rings. The molecule has 5 atom stereocenters. The van der Waals surface area contributed by atoms with Crippen molar-refractivity contribution in [2.24, 2.45) is 17.8 Å². The minimum Gasteiger partial charge on any atom is -0.194 e. The number of hydrogen-bond acceptors (Lipinski definition) is 0. The molecule has 2 nitrogen and oxygen atoms in total. The van der Waals surface area contributed by atoms with Gasteiger partial charge in [-0.1, -0.05) is 166 Å². The van der Waals surface area contributed by atoms with E-state index in [1.807, 2.05) is 0 Å².